The van der Waals surface area contributed by atoms with Crippen LogP contribution in [0.5, 0.6) is 0 Å². The van der Waals surface area contributed by atoms with Gasteiger partial charge in [-0.2, -0.15) is 0 Å². The minimum atomic E-state index is -0.824. The van der Waals surface area contributed by atoms with Crippen LogP contribution in [-0.2, 0) is 11.3 Å². The number of rotatable bonds is 4. The zero-order valence-electron chi connectivity index (χ0n) is 11.8. The molecular formula is C13H18BrN3O3S. The molecule has 0 saturated carbocycles. The second kappa shape index (κ2) is 7.24. The summed E-state index contributed by atoms with van der Waals surface area (Å²) in [4.78, 5) is 29.5. The van der Waals surface area contributed by atoms with E-state index in [-0.39, 0.29) is 12.6 Å². The SMILES string of the molecule is CN(Cc1cc(Br)cs1)C(=O)N1CCN(CC(=O)O)CC1. The van der Waals surface area contributed by atoms with E-state index >= 15 is 0 Å². The van der Waals surface area contributed by atoms with Crippen LogP contribution >= 0.6 is 27.3 Å². The van der Waals surface area contributed by atoms with Gasteiger partial charge in [-0.05, 0) is 22.0 Å². The minimum Gasteiger partial charge on any atom is -0.480 e. The molecule has 8 heteroatoms. The Kier molecular flexibility index (Phi) is 5.60. The lowest BCUT2D eigenvalue weighted by molar-refractivity contribution is -0.138. The van der Waals surface area contributed by atoms with E-state index in [1.807, 2.05) is 16.3 Å². The standard InChI is InChI=1S/C13H18BrN3O3S/c1-15(7-11-6-10(14)9-21-11)13(20)17-4-2-16(3-5-17)8-12(18)19/h6,9H,2-5,7-8H2,1H3,(H,18,19). The lowest BCUT2D eigenvalue weighted by Gasteiger charge is -2.35. The number of hydrogen-bond acceptors (Lipinski definition) is 4. The van der Waals surface area contributed by atoms with Crippen molar-refractivity contribution in [3.63, 3.8) is 0 Å². The van der Waals surface area contributed by atoms with Crippen molar-refractivity contribution in [2.75, 3.05) is 39.8 Å². The zero-order chi connectivity index (χ0) is 15.4. The van der Waals surface area contributed by atoms with Crippen molar-refractivity contribution in [2.45, 2.75) is 6.54 Å². The van der Waals surface area contributed by atoms with Crippen molar-refractivity contribution < 1.29 is 14.7 Å². The fourth-order valence-corrected chi connectivity index (χ4v) is 3.77. The largest absolute Gasteiger partial charge is 0.480 e. The Morgan fingerprint density at radius 1 is 1.38 bits per heavy atom. The van der Waals surface area contributed by atoms with E-state index in [9.17, 15) is 9.59 Å². The molecule has 0 radical (unpaired) electrons. The third-order valence-electron chi connectivity index (χ3n) is 3.34. The fourth-order valence-electron chi connectivity index (χ4n) is 2.27. The molecule has 0 aliphatic carbocycles. The highest BCUT2D eigenvalue weighted by Crippen LogP contribution is 2.21. The fraction of sp³-hybridized carbons (Fsp3) is 0.538. The minimum absolute atomic E-state index is 0.00509. The number of thiophene rings is 1. The third kappa shape index (κ3) is 4.69. The van der Waals surface area contributed by atoms with Gasteiger partial charge in [-0.15, -0.1) is 11.3 Å². The highest BCUT2D eigenvalue weighted by atomic mass is 79.9. The highest BCUT2D eigenvalue weighted by Gasteiger charge is 2.24. The number of hydrogen-bond donors (Lipinski definition) is 1. The molecule has 21 heavy (non-hydrogen) atoms. The molecular weight excluding hydrogens is 358 g/mol. The van der Waals surface area contributed by atoms with E-state index in [4.69, 9.17) is 5.11 Å². The summed E-state index contributed by atoms with van der Waals surface area (Å²) in [5.41, 5.74) is 0. The van der Waals surface area contributed by atoms with Crippen molar-refractivity contribution in [2.24, 2.45) is 0 Å². The summed E-state index contributed by atoms with van der Waals surface area (Å²) in [6.07, 6.45) is 0. The van der Waals surface area contributed by atoms with Crippen molar-refractivity contribution in [3.8, 4) is 0 Å². The van der Waals surface area contributed by atoms with E-state index in [2.05, 4.69) is 15.9 Å². The number of carbonyl (C=O) groups is 2. The van der Waals surface area contributed by atoms with Gasteiger partial charge in [0, 0.05) is 48.0 Å². The van der Waals surface area contributed by atoms with Crippen LogP contribution in [0.15, 0.2) is 15.9 Å². The molecule has 2 amide bonds. The quantitative estimate of drug-likeness (QED) is 0.870. The summed E-state index contributed by atoms with van der Waals surface area (Å²) in [7, 11) is 1.79. The van der Waals surface area contributed by atoms with Crippen LogP contribution in [0.2, 0.25) is 0 Å². The van der Waals surface area contributed by atoms with E-state index in [1.54, 1.807) is 28.2 Å². The van der Waals surface area contributed by atoms with E-state index in [0.717, 1.165) is 9.35 Å². The summed E-state index contributed by atoms with van der Waals surface area (Å²) in [6.45, 7) is 2.99. The number of aliphatic carboxylic acids is 1. The summed E-state index contributed by atoms with van der Waals surface area (Å²) in [5, 5.41) is 10.8. The molecule has 1 aliphatic heterocycles. The maximum atomic E-state index is 12.3. The van der Waals surface area contributed by atoms with Crippen molar-refractivity contribution in [1.82, 2.24) is 14.7 Å². The number of carboxylic acids is 1. The van der Waals surface area contributed by atoms with Gasteiger partial charge in [0.2, 0.25) is 0 Å². The molecule has 2 rings (SSSR count). The van der Waals surface area contributed by atoms with Gasteiger partial charge in [-0.25, -0.2) is 4.79 Å². The summed E-state index contributed by atoms with van der Waals surface area (Å²) in [6, 6.07) is 2.01. The third-order valence-corrected chi connectivity index (χ3v) is 5.03. The molecule has 1 aliphatic rings. The van der Waals surface area contributed by atoms with Gasteiger partial charge in [0.1, 0.15) is 0 Å². The van der Waals surface area contributed by atoms with Gasteiger partial charge in [0.15, 0.2) is 0 Å². The Hall–Kier alpha value is -1.12. The second-order valence-corrected chi connectivity index (χ2v) is 6.94. The lowest BCUT2D eigenvalue weighted by atomic mass is 10.3. The Bertz CT molecular complexity index is 515. The first-order valence-corrected chi connectivity index (χ1v) is 8.30. The van der Waals surface area contributed by atoms with Gasteiger partial charge in [-0.3, -0.25) is 9.69 Å². The second-order valence-electron chi connectivity index (χ2n) is 5.03. The summed E-state index contributed by atoms with van der Waals surface area (Å²) in [5.74, 6) is -0.824. The van der Waals surface area contributed by atoms with E-state index < -0.39 is 5.97 Å². The molecule has 116 valence electrons. The number of halogens is 1. The van der Waals surface area contributed by atoms with Gasteiger partial charge >= 0.3 is 12.0 Å². The van der Waals surface area contributed by atoms with Gasteiger partial charge in [0.05, 0.1) is 13.1 Å². The molecule has 1 fully saturated rings. The molecule has 0 unspecified atom stereocenters. The van der Waals surface area contributed by atoms with Gasteiger partial charge in [-0.1, -0.05) is 0 Å². The Labute approximate surface area is 136 Å². The van der Waals surface area contributed by atoms with E-state index in [0.29, 0.717) is 32.7 Å². The van der Waals surface area contributed by atoms with Crippen LogP contribution < -0.4 is 0 Å². The molecule has 1 aromatic rings. The van der Waals surface area contributed by atoms with Crippen LogP contribution in [0.1, 0.15) is 4.88 Å². The number of carboxylic acid groups (broad SMARTS) is 1. The molecule has 2 heterocycles. The first kappa shape index (κ1) is 16.3. The van der Waals surface area contributed by atoms with Crippen LogP contribution in [0.25, 0.3) is 0 Å². The van der Waals surface area contributed by atoms with Crippen molar-refractivity contribution in [3.05, 3.63) is 20.8 Å². The normalized spacial score (nSPS) is 16.0. The predicted molar refractivity (Wildman–Crippen MR) is 84.5 cm³/mol. The summed E-state index contributed by atoms with van der Waals surface area (Å²) >= 11 is 5.02. The number of piperazine rings is 1. The smallest absolute Gasteiger partial charge is 0.320 e. The molecule has 0 spiro atoms. The first-order chi connectivity index (χ1) is 9.95. The molecule has 0 aromatic carbocycles. The van der Waals surface area contributed by atoms with E-state index in [1.165, 1.54) is 0 Å². The number of nitrogens with zero attached hydrogens (tertiary/aromatic N) is 3. The number of carbonyl (C=O) groups excluding carboxylic acids is 1. The van der Waals surface area contributed by atoms with Crippen LogP contribution in [-0.4, -0.2) is 71.6 Å². The molecule has 6 nitrogen and oxygen atoms in total. The summed E-state index contributed by atoms with van der Waals surface area (Å²) < 4.78 is 1.03. The first-order valence-electron chi connectivity index (χ1n) is 6.63. The topological polar surface area (TPSA) is 64.1 Å². The highest BCUT2D eigenvalue weighted by molar-refractivity contribution is 9.10. The maximum absolute atomic E-state index is 12.3. The maximum Gasteiger partial charge on any atom is 0.320 e. The van der Waals surface area contributed by atoms with Crippen LogP contribution in [0, 0.1) is 0 Å². The lowest BCUT2D eigenvalue weighted by Crippen LogP contribution is -2.52. The van der Waals surface area contributed by atoms with Gasteiger partial charge in [0.25, 0.3) is 0 Å². The Morgan fingerprint density at radius 3 is 2.57 bits per heavy atom. The molecule has 1 saturated heterocycles. The molecule has 1 N–H and O–H groups in total. The molecule has 1 aromatic heterocycles. The van der Waals surface area contributed by atoms with Gasteiger partial charge < -0.3 is 14.9 Å². The number of amides is 2. The average molecular weight is 376 g/mol. The Morgan fingerprint density at radius 2 is 2.05 bits per heavy atom. The average Bonchev–Trinajstić information content (AvgIpc) is 2.83. The van der Waals surface area contributed by atoms with Crippen molar-refractivity contribution >= 4 is 39.3 Å². The zero-order valence-corrected chi connectivity index (χ0v) is 14.2. The van der Waals surface area contributed by atoms with Crippen LogP contribution in [0.4, 0.5) is 4.79 Å². The predicted octanol–water partition coefficient (Wildman–Crippen LogP) is 1.76. The Balaban J connectivity index is 1.82. The number of urea groups is 1. The monoisotopic (exact) mass is 375 g/mol. The van der Waals surface area contributed by atoms with Crippen LogP contribution in [0.3, 0.4) is 0 Å². The van der Waals surface area contributed by atoms with Crippen molar-refractivity contribution in [1.29, 1.82) is 0 Å². The molecule has 0 bridgehead atoms. The molecule has 0 atom stereocenters.